The van der Waals surface area contributed by atoms with Crippen molar-refractivity contribution in [2.75, 3.05) is 11.9 Å². The Morgan fingerprint density at radius 2 is 2.00 bits per heavy atom. The maximum Gasteiger partial charge on any atom is 0.253 e. The summed E-state index contributed by atoms with van der Waals surface area (Å²) in [5, 5.41) is 14.6. The van der Waals surface area contributed by atoms with Crippen LogP contribution in [0.1, 0.15) is 66.2 Å². The van der Waals surface area contributed by atoms with E-state index in [1.54, 1.807) is 12.3 Å². The van der Waals surface area contributed by atoms with Crippen LogP contribution in [0.15, 0.2) is 18.3 Å². The zero-order valence-electron chi connectivity index (χ0n) is 15.6. The number of hydrogen-bond acceptors (Lipinski definition) is 4. The van der Waals surface area contributed by atoms with E-state index in [2.05, 4.69) is 31.9 Å². The lowest BCUT2D eigenvalue weighted by Gasteiger charge is -2.29. The zero-order valence-corrected chi connectivity index (χ0v) is 16.4. The summed E-state index contributed by atoms with van der Waals surface area (Å²) < 4.78 is 0. The monoisotopic (exact) mass is 387 g/mol. The molecule has 27 heavy (non-hydrogen) atoms. The van der Waals surface area contributed by atoms with Crippen molar-refractivity contribution in [3.63, 3.8) is 0 Å². The molecule has 0 bridgehead atoms. The molecule has 0 atom stereocenters. The molecule has 3 N–H and O–H groups in total. The molecule has 2 aliphatic rings. The standard InChI is InChI=1S/C20H26ClN5O/c1-12-17(8-15(21)11-22-12)20(27)24-16-6-2-13(3-7-16)10-23-19-9-18(25-26-19)14-4-5-14/h8-9,11,13-14,16H,2-7,10H2,1H3,(H,24,27)(H2,23,25,26)/t13-,16-. The molecule has 0 unspecified atom stereocenters. The lowest BCUT2D eigenvalue weighted by Crippen LogP contribution is -2.38. The van der Waals surface area contributed by atoms with Crippen molar-refractivity contribution in [2.24, 2.45) is 5.92 Å². The number of nitrogens with one attached hydrogen (secondary N) is 3. The Balaban J connectivity index is 1.22. The predicted octanol–water partition coefficient (Wildman–Crippen LogP) is 4.04. The first-order valence-electron chi connectivity index (χ1n) is 9.80. The van der Waals surface area contributed by atoms with Crippen molar-refractivity contribution >= 4 is 23.3 Å². The molecule has 144 valence electrons. The Labute approximate surface area is 164 Å². The topological polar surface area (TPSA) is 82.7 Å². The average Bonchev–Trinajstić information content (AvgIpc) is 3.41. The van der Waals surface area contributed by atoms with Crippen LogP contribution in [0, 0.1) is 12.8 Å². The van der Waals surface area contributed by atoms with Gasteiger partial charge < -0.3 is 10.6 Å². The smallest absolute Gasteiger partial charge is 0.253 e. The van der Waals surface area contributed by atoms with Crippen LogP contribution in [0.5, 0.6) is 0 Å². The Morgan fingerprint density at radius 3 is 2.74 bits per heavy atom. The van der Waals surface area contributed by atoms with Gasteiger partial charge in [0.25, 0.3) is 5.91 Å². The number of aromatic nitrogens is 3. The van der Waals surface area contributed by atoms with Gasteiger partial charge in [0.15, 0.2) is 0 Å². The van der Waals surface area contributed by atoms with Crippen LogP contribution in [0.3, 0.4) is 0 Å². The van der Waals surface area contributed by atoms with Crippen LogP contribution in [-0.2, 0) is 0 Å². The fraction of sp³-hybridized carbons (Fsp3) is 0.550. The fourth-order valence-corrected chi connectivity index (χ4v) is 3.94. The first-order valence-corrected chi connectivity index (χ1v) is 10.2. The lowest BCUT2D eigenvalue weighted by molar-refractivity contribution is 0.0921. The predicted molar refractivity (Wildman–Crippen MR) is 106 cm³/mol. The third-order valence-electron chi connectivity index (χ3n) is 5.65. The minimum Gasteiger partial charge on any atom is -0.370 e. The number of carbonyl (C=O) groups is 1. The summed E-state index contributed by atoms with van der Waals surface area (Å²) in [6.07, 6.45) is 8.32. The second kappa shape index (κ2) is 7.89. The van der Waals surface area contributed by atoms with E-state index in [1.807, 2.05) is 6.92 Å². The molecule has 7 heteroatoms. The molecule has 2 saturated carbocycles. The first kappa shape index (κ1) is 18.3. The number of halogens is 1. The molecule has 2 fully saturated rings. The number of rotatable bonds is 6. The summed E-state index contributed by atoms with van der Waals surface area (Å²) in [4.78, 5) is 16.7. The number of amides is 1. The van der Waals surface area contributed by atoms with Crippen molar-refractivity contribution in [3.8, 4) is 0 Å². The maximum absolute atomic E-state index is 12.5. The van der Waals surface area contributed by atoms with Gasteiger partial charge in [-0.25, -0.2) is 0 Å². The zero-order chi connectivity index (χ0) is 18.8. The van der Waals surface area contributed by atoms with Crippen molar-refractivity contribution in [1.29, 1.82) is 0 Å². The van der Waals surface area contributed by atoms with Crippen molar-refractivity contribution in [1.82, 2.24) is 20.5 Å². The first-order chi connectivity index (χ1) is 13.1. The third-order valence-corrected chi connectivity index (χ3v) is 5.86. The second-order valence-corrected chi connectivity index (χ2v) is 8.28. The molecule has 0 aliphatic heterocycles. The van der Waals surface area contributed by atoms with E-state index in [9.17, 15) is 4.79 Å². The Hall–Kier alpha value is -2.08. The normalized spacial score (nSPS) is 22.4. The second-order valence-electron chi connectivity index (χ2n) is 7.84. The van der Waals surface area contributed by atoms with E-state index in [0.29, 0.717) is 28.1 Å². The van der Waals surface area contributed by atoms with Crippen LogP contribution in [0.4, 0.5) is 5.82 Å². The number of aromatic amines is 1. The largest absolute Gasteiger partial charge is 0.370 e. The molecule has 6 nitrogen and oxygen atoms in total. The highest BCUT2D eigenvalue weighted by Gasteiger charge is 2.27. The fourth-order valence-electron chi connectivity index (χ4n) is 3.78. The molecule has 2 aromatic heterocycles. The maximum atomic E-state index is 12.5. The molecule has 0 aromatic carbocycles. The average molecular weight is 388 g/mol. The SMILES string of the molecule is Cc1ncc(Cl)cc1C(=O)N[C@H]1CC[C@H](CNc2cc(C3CC3)n[nH]2)CC1. The number of anilines is 1. The van der Waals surface area contributed by atoms with E-state index in [0.717, 1.165) is 38.0 Å². The van der Waals surface area contributed by atoms with Gasteiger partial charge in [-0.05, 0) is 57.4 Å². The Morgan fingerprint density at radius 1 is 1.22 bits per heavy atom. The van der Waals surface area contributed by atoms with Gasteiger partial charge in [0.05, 0.1) is 22.0 Å². The minimum absolute atomic E-state index is 0.0749. The van der Waals surface area contributed by atoms with Gasteiger partial charge in [-0.3, -0.25) is 14.9 Å². The van der Waals surface area contributed by atoms with Gasteiger partial charge >= 0.3 is 0 Å². The van der Waals surface area contributed by atoms with Crippen LogP contribution in [0.2, 0.25) is 5.02 Å². The van der Waals surface area contributed by atoms with Crippen molar-refractivity contribution < 1.29 is 4.79 Å². The van der Waals surface area contributed by atoms with Crippen LogP contribution in [-0.4, -0.2) is 33.7 Å². The summed E-state index contributed by atoms with van der Waals surface area (Å²) in [7, 11) is 0. The molecule has 0 saturated heterocycles. The van der Waals surface area contributed by atoms with E-state index in [4.69, 9.17) is 11.6 Å². The molecule has 0 radical (unpaired) electrons. The molecular weight excluding hydrogens is 362 g/mol. The molecule has 2 heterocycles. The molecular formula is C20H26ClN5O. The molecule has 1 amide bonds. The highest BCUT2D eigenvalue weighted by atomic mass is 35.5. The summed E-state index contributed by atoms with van der Waals surface area (Å²) in [6.45, 7) is 2.78. The third kappa shape index (κ3) is 4.61. The minimum atomic E-state index is -0.0749. The van der Waals surface area contributed by atoms with E-state index in [-0.39, 0.29) is 11.9 Å². The lowest BCUT2D eigenvalue weighted by atomic mass is 9.86. The summed E-state index contributed by atoms with van der Waals surface area (Å²) in [5.74, 6) is 2.25. The van der Waals surface area contributed by atoms with Gasteiger partial charge in [0.2, 0.25) is 0 Å². The number of nitrogens with zero attached hydrogens (tertiary/aromatic N) is 2. The highest BCUT2D eigenvalue weighted by Crippen LogP contribution is 2.39. The number of hydrogen-bond donors (Lipinski definition) is 3. The molecule has 0 spiro atoms. The number of H-pyrrole nitrogens is 1. The summed E-state index contributed by atoms with van der Waals surface area (Å²) in [5.41, 5.74) is 2.46. The van der Waals surface area contributed by atoms with Gasteiger partial charge in [-0.1, -0.05) is 11.6 Å². The number of carbonyl (C=O) groups excluding carboxylic acids is 1. The summed E-state index contributed by atoms with van der Waals surface area (Å²) in [6, 6.07) is 4.06. The van der Waals surface area contributed by atoms with Gasteiger partial charge in [-0.2, -0.15) is 5.10 Å². The number of aryl methyl sites for hydroxylation is 1. The van der Waals surface area contributed by atoms with E-state index < -0.39 is 0 Å². The van der Waals surface area contributed by atoms with Crippen LogP contribution >= 0.6 is 11.6 Å². The quantitative estimate of drug-likeness (QED) is 0.698. The molecule has 4 rings (SSSR count). The molecule has 2 aromatic rings. The van der Waals surface area contributed by atoms with E-state index >= 15 is 0 Å². The molecule has 2 aliphatic carbocycles. The van der Waals surface area contributed by atoms with Gasteiger partial charge in [-0.15, -0.1) is 0 Å². The number of pyridine rings is 1. The van der Waals surface area contributed by atoms with Crippen molar-refractivity contribution in [3.05, 3.63) is 40.3 Å². The highest BCUT2D eigenvalue weighted by molar-refractivity contribution is 6.30. The summed E-state index contributed by atoms with van der Waals surface area (Å²) >= 11 is 5.97. The Kier molecular flexibility index (Phi) is 5.34. The van der Waals surface area contributed by atoms with Crippen LogP contribution in [0.25, 0.3) is 0 Å². The van der Waals surface area contributed by atoms with E-state index in [1.165, 1.54) is 18.5 Å². The van der Waals surface area contributed by atoms with Gasteiger partial charge in [0, 0.05) is 30.8 Å². The Bertz CT molecular complexity index is 808. The van der Waals surface area contributed by atoms with Crippen LogP contribution < -0.4 is 10.6 Å². The van der Waals surface area contributed by atoms with Gasteiger partial charge in [0.1, 0.15) is 5.82 Å². The van der Waals surface area contributed by atoms with Crippen molar-refractivity contribution in [2.45, 2.75) is 57.4 Å².